The molecule has 0 spiro atoms. The molecule has 1 fully saturated rings. The number of benzene rings is 1. The molecule has 1 aromatic carbocycles. The largest absolute Gasteiger partial charge is 0.373 e. The molecule has 1 aliphatic heterocycles. The van der Waals surface area contributed by atoms with Gasteiger partial charge in [-0.25, -0.2) is 8.78 Å². The van der Waals surface area contributed by atoms with Crippen LogP contribution in [0.15, 0.2) is 18.2 Å². The third-order valence-corrected chi connectivity index (χ3v) is 5.40. The molecule has 168 valence electrons. The number of nitrogens with one attached hydrogen (secondary N) is 2. The number of morpholine rings is 1. The lowest BCUT2D eigenvalue weighted by Gasteiger charge is -2.45. The van der Waals surface area contributed by atoms with Crippen LogP contribution in [-0.2, 0) is 9.53 Å². The molecule has 2 amide bonds. The van der Waals surface area contributed by atoms with Crippen LogP contribution < -0.4 is 10.6 Å². The number of halogens is 2. The van der Waals surface area contributed by atoms with E-state index in [4.69, 9.17) is 4.74 Å². The van der Waals surface area contributed by atoms with E-state index in [1.807, 2.05) is 27.7 Å². The second-order valence-corrected chi connectivity index (χ2v) is 8.98. The lowest BCUT2D eigenvalue weighted by molar-refractivity contribution is -0.125. The van der Waals surface area contributed by atoms with Crippen molar-refractivity contribution in [2.75, 3.05) is 19.6 Å². The Hall–Kier alpha value is -2.06. The monoisotopic (exact) mass is 425 g/mol. The number of hydrogen-bond acceptors (Lipinski definition) is 4. The van der Waals surface area contributed by atoms with Crippen LogP contribution in [0, 0.1) is 17.6 Å². The topological polar surface area (TPSA) is 70.7 Å². The molecule has 2 rings (SSSR count). The lowest BCUT2D eigenvalue weighted by Crippen LogP contribution is -2.60. The molecule has 0 saturated carbocycles. The summed E-state index contributed by atoms with van der Waals surface area (Å²) in [5.74, 6) is -3.54. The summed E-state index contributed by atoms with van der Waals surface area (Å²) in [5.41, 5.74) is -1.02. The number of nitrogens with zero attached hydrogens (tertiary/aromatic N) is 1. The number of amides is 2. The van der Waals surface area contributed by atoms with E-state index in [0.717, 1.165) is 25.2 Å². The van der Waals surface area contributed by atoms with Gasteiger partial charge < -0.3 is 15.4 Å². The summed E-state index contributed by atoms with van der Waals surface area (Å²) in [4.78, 5) is 27.5. The number of carbonyl (C=O) groups is 2. The Balaban J connectivity index is 2.04. The van der Waals surface area contributed by atoms with E-state index in [1.54, 1.807) is 13.8 Å². The van der Waals surface area contributed by atoms with Crippen molar-refractivity contribution in [3.63, 3.8) is 0 Å². The van der Waals surface area contributed by atoms with Crippen molar-refractivity contribution in [1.29, 1.82) is 0 Å². The van der Waals surface area contributed by atoms with Gasteiger partial charge >= 0.3 is 0 Å². The van der Waals surface area contributed by atoms with Gasteiger partial charge in [0.25, 0.3) is 5.91 Å². The molecule has 0 bridgehead atoms. The molecule has 8 heteroatoms. The number of ether oxygens (including phenoxy) is 1. The van der Waals surface area contributed by atoms with Gasteiger partial charge in [0.15, 0.2) is 0 Å². The molecular weight excluding hydrogens is 392 g/mol. The second-order valence-electron chi connectivity index (χ2n) is 8.98. The fraction of sp³-hybridized carbons (Fsp3) is 0.636. The van der Waals surface area contributed by atoms with Crippen LogP contribution in [0.4, 0.5) is 8.78 Å². The first-order chi connectivity index (χ1) is 13.9. The normalized spacial score (nSPS) is 21.4. The maximum Gasteiger partial charge on any atom is 0.257 e. The number of carbonyl (C=O) groups excluding carboxylic acids is 2. The fourth-order valence-corrected chi connectivity index (χ4v) is 3.66. The van der Waals surface area contributed by atoms with Crippen molar-refractivity contribution in [2.45, 2.75) is 65.3 Å². The van der Waals surface area contributed by atoms with Crippen LogP contribution in [0.3, 0.4) is 0 Å². The molecule has 1 heterocycles. The van der Waals surface area contributed by atoms with E-state index in [2.05, 4.69) is 15.5 Å². The first-order valence-corrected chi connectivity index (χ1v) is 10.4. The zero-order valence-corrected chi connectivity index (χ0v) is 18.6. The van der Waals surface area contributed by atoms with Crippen LogP contribution in [-0.4, -0.2) is 60.1 Å². The standard InChI is InChI=1S/C22H33F2N3O3/c1-13(2)19(26-20(28)18-16(23)8-7-9-17(18)24)21(29)25-12-22(5,6)27-10-14(3)30-15(4)11-27/h7-9,13-15,19H,10-12H2,1-6H3,(H,25,29)(H,26,28). The van der Waals surface area contributed by atoms with Gasteiger partial charge in [-0.05, 0) is 45.7 Å². The molecule has 1 aromatic rings. The van der Waals surface area contributed by atoms with E-state index < -0.39 is 35.1 Å². The quantitative estimate of drug-likeness (QED) is 0.705. The summed E-state index contributed by atoms with van der Waals surface area (Å²) in [6.07, 6.45) is 0.198. The molecule has 3 atom stereocenters. The highest BCUT2D eigenvalue weighted by Gasteiger charge is 2.34. The predicted octanol–water partition coefficient (Wildman–Crippen LogP) is 2.72. The summed E-state index contributed by atoms with van der Waals surface area (Å²) < 4.78 is 33.6. The average molecular weight is 426 g/mol. The van der Waals surface area contributed by atoms with Gasteiger partial charge in [-0.15, -0.1) is 0 Å². The van der Waals surface area contributed by atoms with Gasteiger partial charge in [0, 0.05) is 25.2 Å². The molecule has 0 aliphatic carbocycles. The Morgan fingerprint density at radius 3 is 2.20 bits per heavy atom. The summed E-state index contributed by atoms with van der Waals surface area (Å²) in [7, 11) is 0. The zero-order chi connectivity index (χ0) is 22.6. The molecule has 6 nitrogen and oxygen atoms in total. The zero-order valence-electron chi connectivity index (χ0n) is 18.6. The lowest BCUT2D eigenvalue weighted by atomic mass is 9.98. The Morgan fingerprint density at radius 1 is 1.17 bits per heavy atom. The van der Waals surface area contributed by atoms with E-state index in [9.17, 15) is 18.4 Å². The van der Waals surface area contributed by atoms with Crippen molar-refractivity contribution >= 4 is 11.8 Å². The Kier molecular flexibility index (Phi) is 7.93. The Bertz CT molecular complexity index is 740. The third kappa shape index (κ3) is 5.98. The van der Waals surface area contributed by atoms with Crippen LogP contribution >= 0.6 is 0 Å². The minimum absolute atomic E-state index is 0.0992. The molecule has 1 aliphatic rings. The van der Waals surface area contributed by atoms with E-state index >= 15 is 0 Å². The predicted molar refractivity (Wildman–Crippen MR) is 111 cm³/mol. The maximum atomic E-state index is 13.9. The molecule has 2 N–H and O–H groups in total. The highest BCUT2D eigenvalue weighted by Crippen LogP contribution is 2.21. The number of rotatable bonds is 7. The average Bonchev–Trinajstić information content (AvgIpc) is 2.63. The Labute approximate surface area is 177 Å². The van der Waals surface area contributed by atoms with E-state index in [1.165, 1.54) is 6.07 Å². The first kappa shape index (κ1) is 24.2. The molecule has 1 saturated heterocycles. The summed E-state index contributed by atoms with van der Waals surface area (Å²) >= 11 is 0. The SMILES string of the molecule is CC1CN(C(C)(C)CNC(=O)C(NC(=O)c2c(F)cccc2F)C(C)C)CC(C)O1. The molecule has 30 heavy (non-hydrogen) atoms. The van der Waals surface area contributed by atoms with Gasteiger partial charge in [-0.2, -0.15) is 0 Å². The smallest absolute Gasteiger partial charge is 0.257 e. The second kappa shape index (κ2) is 9.83. The number of hydrogen-bond donors (Lipinski definition) is 2. The van der Waals surface area contributed by atoms with Gasteiger partial charge in [-0.1, -0.05) is 19.9 Å². The van der Waals surface area contributed by atoms with Gasteiger partial charge in [0.1, 0.15) is 23.2 Å². The Morgan fingerprint density at radius 2 is 1.70 bits per heavy atom. The minimum atomic E-state index is -0.966. The van der Waals surface area contributed by atoms with Gasteiger partial charge in [-0.3, -0.25) is 14.5 Å². The molecule has 0 aromatic heterocycles. The molecule has 0 radical (unpaired) electrons. The van der Waals surface area contributed by atoms with Crippen molar-refractivity contribution in [3.8, 4) is 0 Å². The van der Waals surface area contributed by atoms with E-state index in [0.29, 0.717) is 6.54 Å². The van der Waals surface area contributed by atoms with Crippen LogP contribution in [0.25, 0.3) is 0 Å². The van der Waals surface area contributed by atoms with Crippen molar-refractivity contribution in [1.82, 2.24) is 15.5 Å². The molecule has 3 unspecified atom stereocenters. The van der Waals surface area contributed by atoms with Crippen LogP contribution in [0.2, 0.25) is 0 Å². The fourth-order valence-electron chi connectivity index (χ4n) is 3.66. The third-order valence-electron chi connectivity index (χ3n) is 5.40. The van der Waals surface area contributed by atoms with Crippen molar-refractivity contribution in [2.24, 2.45) is 5.92 Å². The molecular formula is C22H33F2N3O3. The van der Waals surface area contributed by atoms with Gasteiger partial charge in [0.05, 0.1) is 12.2 Å². The van der Waals surface area contributed by atoms with Crippen molar-refractivity contribution < 1.29 is 23.1 Å². The summed E-state index contributed by atoms with van der Waals surface area (Å²) in [6, 6.07) is 2.28. The highest BCUT2D eigenvalue weighted by molar-refractivity contribution is 5.98. The van der Waals surface area contributed by atoms with Gasteiger partial charge in [0.2, 0.25) is 5.91 Å². The highest BCUT2D eigenvalue weighted by atomic mass is 19.1. The van der Waals surface area contributed by atoms with E-state index in [-0.39, 0.29) is 23.7 Å². The summed E-state index contributed by atoms with van der Waals surface area (Å²) in [5, 5.41) is 5.37. The van der Waals surface area contributed by atoms with Crippen molar-refractivity contribution in [3.05, 3.63) is 35.4 Å². The van der Waals surface area contributed by atoms with Crippen LogP contribution in [0.5, 0.6) is 0 Å². The van der Waals surface area contributed by atoms with Crippen LogP contribution in [0.1, 0.15) is 51.9 Å². The maximum absolute atomic E-state index is 13.9. The summed E-state index contributed by atoms with van der Waals surface area (Å²) in [6.45, 7) is 13.5. The first-order valence-electron chi connectivity index (χ1n) is 10.4. The minimum Gasteiger partial charge on any atom is -0.373 e.